The number of halogens is 2. The largest absolute Gasteiger partial charge is 0.494 e. The number of rotatable bonds is 29. The number of nitrogens with zero attached hydrogens (tertiary/aromatic N) is 9. The van der Waals surface area contributed by atoms with Crippen LogP contribution in [0.4, 0.5) is 19.2 Å². The second-order valence-corrected chi connectivity index (χ2v) is 33.6. The van der Waals surface area contributed by atoms with Crippen molar-refractivity contribution in [2.75, 3.05) is 112 Å². The summed E-state index contributed by atoms with van der Waals surface area (Å²) in [6.45, 7) is 28.6. The average Bonchev–Trinajstić information content (AvgIpc) is 1.60. The highest BCUT2D eigenvalue weighted by atomic mass is 35.5. The minimum Gasteiger partial charge on any atom is -0.494 e. The number of pyridine rings is 1. The third kappa shape index (κ3) is 41.9. The van der Waals surface area contributed by atoms with Gasteiger partial charge in [-0.1, -0.05) is 57.2 Å². The molecule has 3 aliphatic rings. The zero-order valence-corrected chi connectivity index (χ0v) is 85.7. The molecule has 784 valence electrons. The summed E-state index contributed by atoms with van der Waals surface area (Å²) in [5.74, 6) is 1.10. The number of esters is 3. The first-order valence-corrected chi connectivity index (χ1v) is 49.2. The molecule has 0 atom stereocenters. The van der Waals surface area contributed by atoms with E-state index in [-0.39, 0.29) is 121 Å². The molecule has 12 heterocycles. The summed E-state index contributed by atoms with van der Waals surface area (Å²) < 4.78 is 116. The van der Waals surface area contributed by atoms with Crippen molar-refractivity contribution in [1.29, 1.82) is 0 Å². The van der Waals surface area contributed by atoms with Gasteiger partial charge in [0.1, 0.15) is 53.5 Å². The zero-order valence-electron chi connectivity index (χ0n) is 82.5. The van der Waals surface area contributed by atoms with Crippen LogP contribution in [-0.4, -0.2) is 258 Å². The van der Waals surface area contributed by atoms with Crippen molar-refractivity contribution >= 4 is 131 Å². The number of benzene rings is 2. The minimum absolute atomic E-state index is 0.00102. The maximum Gasteiger partial charge on any atom is 0.410 e. The van der Waals surface area contributed by atoms with Gasteiger partial charge in [0.15, 0.2) is 17.3 Å². The van der Waals surface area contributed by atoms with E-state index in [0.717, 1.165) is 34.0 Å². The van der Waals surface area contributed by atoms with Gasteiger partial charge < -0.3 is 90.5 Å². The number of furan rings is 5. The number of aliphatic carboxylic acids is 1. The number of hydrogen-bond donors (Lipinski definition) is 3. The standard InChI is InChI=1S/C16H16N2O5S.C14H12N2O3S.C11H15NO4.C10H12N2O3.C10H11NO4.C10H14O3.C9H11NO4.C6H15N.C5H7NO.C4H7ClO2.C3H5ClO2/c1-2-23-16(20)17-10-14-13(15(19)11-17)8-9-18(14)24(21,22)12-6-4-3-5-7-12;1-19-14-10-15-9-13-12(14)7-8-16(13)20(17,18)11-5-3-2-4-6-11;1-3-15-11(14)8-12(9(2)13)7-10-5-4-6-16-10;1-2-15-10(14)12-5-8-7(3-4-11-8)9(13)6-12;1-2-14-10(13)11-5-8(12)7-3-4-15-9(7)6-11;1-2-12-10(11)7-3-5-9-6-4-8-13-9;1-7(11)10(6-9(12)13)5-8-3-2-4-14-8;1-4-7(5-2)6-3;6-4-5-2-1-3-7-5;1-2-7-4(6)3-5;1-2-6-3(4)5/h3-9H,2,10-11H2,1H3;2-10H,1H3;4-6H,3,7-8H2,1-2H3;3-4,11H,2,5-6H2,1H3;3-4H,2,5-6H2,1H3;4,6,8H,2-3,5,7H2,1H3;2-4H,5-6H2,1H3,(H,12,13);4-6H2,1-3H3;1-3H,4,6H2;2-3H2,1H3;2H2,1H3. The van der Waals surface area contributed by atoms with Crippen molar-refractivity contribution in [3.8, 4) is 5.75 Å². The van der Waals surface area contributed by atoms with E-state index >= 15 is 0 Å². The Bertz CT molecular complexity index is 5880. The molecule has 46 heteroatoms. The first-order valence-electron chi connectivity index (χ1n) is 45.4. The summed E-state index contributed by atoms with van der Waals surface area (Å²) in [4.78, 5) is 161. The lowest BCUT2D eigenvalue weighted by Gasteiger charge is -2.26. The van der Waals surface area contributed by atoms with E-state index in [2.05, 4.69) is 45.1 Å². The molecule has 0 fully saturated rings. The van der Waals surface area contributed by atoms with Crippen molar-refractivity contribution in [2.45, 2.75) is 151 Å². The van der Waals surface area contributed by atoms with Crippen molar-refractivity contribution in [2.24, 2.45) is 5.73 Å². The van der Waals surface area contributed by atoms with E-state index in [1.807, 2.05) is 31.2 Å². The molecule has 0 spiro atoms. The fourth-order valence-electron chi connectivity index (χ4n) is 12.7. The third-order valence-corrected chi connectivity index (χ3v) is 23.3. The molecule has 4 N–H and O–H groups in total. The smallest absolute Gasteiger partial charge is 0.410 e. The van der Waals surface area contributed by atoms with E-state index in [1.165, 1.54) is 125 Å². The SMILES string of the molecule is CC(=O)N(CC(=O)O)Cc1ccco1.CCN(CC)CC.CCOC(=O)CCCc1ccco1.CCOC(=O)CCl.CCOC(=O)CN(Cc1ccco1)C(C)=O.CCOC(=O)Cl.CCOC(=O)N1CC(=O)c2cc[nH]c2C1.CCOC(=O)N1CC(=O)c2ccn(S(=O)(=O)c3ccccc3)c2C1.CCOC(=O)N1CC(=O)c2ccoc2C1.COc1cncc2c1ccn2S(=O)(=O)c1ccccc1.NCc1ccco1. The van der Waals surface area contributed by atoms with Gasteiger partial charge in [-0.25, -0.2) is 44.0 Å². The summed E-state index contributed by atoms with van der Waals surface area (Å²) >= 11 is 9.77. The lowest BCUT2D eigenvalue weighted by Crippen LogP contribution is -2.40. The van der Waals surface area contributed by atoms with Crippen LogP contribution >= 0.6 is 23.2 Å². The lowest BCUT2D eigenvalue weighted by molar-refractivity contribution is -0.148. The van der Waals surface area contributed by atoms with Gasteiger partial charge in [0.2, 0.25) is 11.8 Å². The monoisotopic (exact) mass is 2090 g/mol. The molecule has 0 saturated carbocycles. The molecule has 14 rings (SSSR count). The molecule has 11 aromatic rings. The van der Waals surface area contributed by atoms with Crippen molar-refractivity contribution in [3.63, 3.8) is 0 Å². The summed E-state index contributed by atoms with van der Waals surface area (Å²) in [7, 11) is -5.94. The number of fused-ring (bicyclic) bond motifs is 4. The molecule has 0 aliphatic carbocycles. The third-order valence-electron chi connectivity index (χ3n) is 19.6. The number of aromatic amines is 1. The van der Waals surface area contributed by atoms with Crippen molar-refractivity contribution < 1.29 is 144 Å². The van der Waals surface area contributed by atoms with Crippen molar-refractivity contribution in [1.82, 2.24) is 47.3 Å². The summed E-state index contributed by atoms with van der Waals surface area (Å²) in [5.41, 5.74) is 7.56. The Balaban J connectivity index is 0.000000338. The number of nitrogens with two attached hydrogens (primary N) is 1. The fourth-order valence-corrected chi connectivity index (χ4v) is 15.6. The highest BCUT2D eigenvalue weighted by Gasteiger charge is 2.35. The number of carbonyl (C=O) groups is 13. The van der Waals surface area contributed by atoms with Crippen LogP contribution in [0.3, 0.4) is 0 Å². The maximum absolute atomic E-state index is 12.8. The maximum atomic E-state index is 12.8. The normalized spacial score (nSPS) is 11.8. The minimum atomic E-state index is -3.84. The first-order chi connectivity index (χ1) is 68.9. The van der Waals surface area contributed by atoms with E-state index in [9.17, 15) is 79.2 Å². The first kappa shape index (κ1) is 122. The van der Waals surface area contributed by atoms with Gasteiger partial charge >= 0.3 is 47.6 Å². The number of hydrogen-bond acceptors (Lipinski definition) is 33. The predicted octanol–water partition coefficient (Wildman–Crippen LogP) is 15.1. The van der Waals surface area contributed by atoms with Gasteiger partial charge in [0.05, 0.1) is 183 Å². The number of H-pyrrole nitrogens is 1. The molecule has 2 aromatic carbocycles. The van der Waals surface area contributed by atoms with Crippen LogP contribution in [0.5, 0.6) is 5.75 Å². The molecule has 144 heavy (non-hydrogen) atoms. The molecule has 0 bridgehead atoms. The fraction of sp³-hybridized carbons (Fsp3) is 0.388. The van der Waals surface area contributed by atoms with Crippen LogP contribution in [0.25, 0.3) is 10.9 Å². The summed E-state index contributed by atoms with van der Waals surface area (Å²) in [6.07, 6.45) is 15.8. The Morgan fingerprint density at radius 2 is 0.917 bits per heavy atom. The highest BCUT2D eigenvalue weighted by Crippen LogP contribution is 2.30. The molecule has 3 aliphatic heterocycles. The Labute approximate surface area is 844 Å². The topological polar surface area (TPSA) is 534 Å². The summed E-state index contributed by atoms with van der Waals surface area (Å²) in [5, 5.41) is 9.25. The number of aryl methyl sites for hydroxylation is 1. The second kappa shape index (κ2) is 66.2. The summed E-state index contributed by atoms with van der Waals surface area (Å²) in [6, 6.07) is 37.0. The number of alkyl halides is 1. The number of carboxylic acids is 1. The van der Waals surface area contributed by atoms with Crippen LogP contribution in [0.2, 0.25) is 0 Å². The van der Waals surface area contributed by atoms with Crippen LogP contribution in [0.1, 0.15) is 167 Å². The van der Waals surface area contributed by atoms with E-state index in [4.69, 9.17) is 84.5 Å². The van der Waals surface area contributed by atoms with Gasteiger partial charge in [-0.2, -0.15) is 0 Å². The van der Waals surface area contributed by atoms with Gasteiger partial charge in [0.25, 0.3) is 20.0 Å². The van der Waals surface area contributed by atoms with Gasteiger partial charge in [-0.15, -0.1) is 11.6 Å². The van der Waals surface area contributed by atoms with E-state index in [0.29, 0.717) is 116 Å². The van der Waals surface area contributed by atoms with Crippen LogP contribution in [0.15, 0.2) is 228 Å². The quantitative estimate of drug-likeness (QED) is 0.0170. The number of amides is 5. The van der Waals surface area contributed by atoms with Crippen LogP contribution in [-0.2, 0) is 128 Å². The number of aromatic nitrogens is 4. The molecule has 9 aromatic heterocycles. The number of ether oxygens (including phenoxy) is 8. The van der Waals surface area contributed by atoms with Crippen molar-refractivity contribution in [3.05, 3.63) is 253 Å². The Morgan fingerprint density at radius 3 is 1.34 bits per heavy atom. The van der Waals surface area contributed by atoms with Gasteiger partial charge in [-0.3, -0.25) is 62.8 Å². The number of methoxy groups -OCH3 is 1. The molecule has 0 radical (unpaired) electrons. The number of nitrogens with one attached hydrogen (secondary N) is 1. The molecular formula is C98H125Cl2N11O31S2. The number of carbonyl (C=O) groups excluding carboxylic acids is 12. The van der Waals surface area contributed by atoms with Gasteiger partial charge in [0, 0.05) is 79.1 Å². The van der Waals surface area contributed by atoms with E-state index in [1.54, 1.807) is 157 Å². The Kier molecular flexibility index (Phi) is 56.0. The van der Waals surface area contributed by atoms with Crippen LogP contribution < -0.4 is 10.5 Å². The molecular weight excluding hydrogens is 1960 g/mol. The second-order valence-electron chi connectivity index (χ2n) is 29.4. The molecule has 5 amide bonds. The highest BCUT2D eigenvalue weighted by molar-refractivity contribution is 7.90. The number of ketones is 3. The van der Waals surface area contributed by atoms with Gasteiger partial charge in [-0.05, 0) is 172 Å². The zero-order chi connectivity index (χ0) is 107. The number of Topliss-reactive ketones (excluding diaryl/α,β-unsaturated/α-hetero) is 3. The Morgan fingerprint density at radius 1 is 0.472 bits per heavy atom. The van der Waals surface area contributed by atoms with Crippen LogP contribution in [0, 0.1) is 0 Å². The average molecular weight is 2090 g/mol. The molecule has 0 saturated heterocycles. The Hall–Kier alpha value is -14.6. The lowest BCUT2D eigenvalue weighted by atomic mass is 10.1. The number of carboxylic acid groups (broad SMARTS) is 1. The van der Waals surface area contributed by atoms with E-state index < -0.39 is 55.7 Å². The predicted molar refractivity (Wildman–Crippen MR) is 526 cm³/mol. The molecule has 0 unspecified atom stereocenters. The molecule has 42 nitrogen and oxygen atoms in total.